The summed E-state index contributed by atoms with van der Waals surface area (Å²) in [5.74, 6) is -1.56. The van der Waals surface area contributed by atoms with Crippen molar-refractivity contribution in [2.75, 3.05) is 0 Å². The molecule has 1 heterocycles. The van der Waals surface area contributed by atoms with E-state index in [9.17, 15) is 17.6 Å². The summed E-state index contributed by atoms with van der Waals surface area (Å²) in [6.45, 7) is 0. The fourth-order valence-electron chi connectivity index (χ4n) is 0.397. The largest absolute Gasteiger partial charge is 0.439 e. The SMILES string of the molecule is Fc1[nH]nnc1C(F)(F)F. The molecule has 0 radical (unpaired) electrons. The zero-order valence-electron chi connectivity index (χ0n) is 4.41. The average molecular weight is 155 g/mol. The number of aromatic nitrogens is 3. The summed E-state index contributed by atoms with van der Waals surface area (Å²) >= 11 is 0. The maximum Gasteiger partial charge on any atom is 0.439 e. The fraction of sp³-hybridized carbons (Fsp3) is 0.333. The molecule has 0 aromatic carbocycles. The number of halogens is 4. The van der Waals surface area contributed by atoms with Crippen LogP contribution in [0.5, 0.6) is 0 Å². The number of nitrogens with zero attached hydrogens (tertiary/aromatic N) is 2. The van der Waals surface area contributed by atoms with Crippen LogP contribution in [0.2, 0.25) is 0 Å². The monoisotopic (exact) mass is 155 g/mol. The molecule has 1 aromatic rings. The van der Waals surface area contributed by atoms with Crippen molar-refractivity contribution in [3.8, 4) is 0 Å². The van der Waals surface area contributed by atoms with Crippen LogP contribution in [-0.4, -0.2) is 15.4 Å². The van der Waals surface area contributed by atoms with Crippen LogP contribution < -0.4 is 0 Å². The molecule has 1 N–H and O–H groups in total. The lowest BCUT2D eigenvalue weighted by molar-refractivity contribution is -0.143. The molecule has 0 spiro atoms. The number of nitrogens with one attached hydrogen (secondary N) is 1. The van der Waals surface area contributed by atoms with E-state index in [2.05, 4.69) is 10.3 Å². The Bertz CT molecular complexity index is 226. The first-order valence-electron chi connectivity index (χ1n) is 2.15. The third-order valence-electron chi connectivity index (χ3n) is 0.775. The predicted molar refractivity (Wildman–Crippen MR) is 21.3 cm³/mol. The third kappa shape index (κ3) is 1.07. The molecule has 0 amide bonds. The fourth-order valence-corrected chi connectivity index (χ4v) is 0.397. The van der Waals surface area contributed by atoms with E-state index in [4.69, 9.17) is 0 Å². The van der Waals surface area contributed by atoms with Gasteiger partial charge in [0.15, 0.2) is 0 Å². The third-order valence-corrected chi connectivity index (χ3v) is 0.775. The van der Waals surface area contributed by atoms with E-state index >= 15 is 0 Å². The number of aromatic amines is 1. The van der Waals surface area contributed by atoms with E-state index in [1.54, 1.807) is 0 Å². The molecule has 0 atom stereocenters. The lowest BCUT2D eigenvalue weighted by Crippen LogP contribution is -2.07. The van der Waals surface area contributed by atoms with Crippen molar-refractivity contribution in [3.63, 3.8) is 0 Å². The predicted octanol–water partition coefficient (Wildman–Crippen LogP) is 0.963. The summed E-state index contributed by atoms with van der Waals surface area (Å²) in [5.41, 5.74) is -1.62. The second-order valence-electron chi connectivity index (χ2n) is 1.47. The minimum absolute atomic E-state index is 1.43. The van der Waals surface area contributed by atoms with Gasteiger partial charge in [-0.05, 0) is 0 Å². The molecule has 56 valence electrons. The van der Waals surface area contributed by atoms with Gasteiger partial charge in [0.1, 0.15) is 0 Å². The first-order chi connectivity index (χ1) is 4.52. The minimum atomic E-state index is -4.77. The molecule has 1 aromatic heterocycles. The standard InChI is InChI=1S/C3HF4N3/c4-2-1(3(5,6)7)8-10-9-2/h(H,8,9,10). The van der Waals surface area contributed by atoms with Crippen molar-refractivity contribution in [1.82, 2.24) is 15.4 Å². The molecule has 0 saturated heterocycles. The van der Waals surface area contributed by atoms with E-state index < -0.39 is 17.8 Å². The highest BCUT2D eigenvalue weighted by atomic mass is 19.4. The number of hydrogen-bond acceptors (Lipinski definition) is 2. The van der Waals surface area contributed by atoms with Gasteiger partial charge in [-0.15, -0.1) is 5.10 Å². The van der Waals surface area contributed by atoms with E-state index in [-0.39, 0.29) is 0 Å². The Hall–Kier alpha value is -1.14. The average Bonchev–Trinajstić information content (AvgIpc) is 2.11. The summed E-state index contributed by atoms with van der Waals surface area (Å²) in [4.78, 5) is 0. The molecule has 3 nitrogen and oxygen atoms in total. The van der Waals surface area contributed by atoms with Crippen molar-refractivity contribution in [2.24, 2.45) is 0 Å². The normalized spacial score (nSPS) is 12.0. The second-order valence-corrected chi connectivity index (χ2v) is 1.47. The molecule has 0 saturated carbocycles. The molecule has 7 heteroatoms. The molecule has 0 fully saturated rings. The summed E-state index contributed by atoms with van der Waals surface area (Å²) in [6, 6.07) is 0. The Kier molecular flexibility index (Phi) is 1.34. The molecule has 10 heavy (non-hydrogen) atoms. The highest BCUT2D eigenvalue weighted by Gasteiger charge is 2.37. The highest BCUT2D eigenvalue weighted by Crippen LogP contribution is 2.27. The van der Waals surface area contributed by atoms with Crippen molar-refractivity contribution in [3.05, 3.63) is 11.6 Å². The van der Waals surface area contributed by atoms with Crippen LogP contribution in [0, 0.1) is 5.95 Å². The van der Waals surface area contributed by atoms with Crippen molar-refractivity contribution >= 4 is 0 Å². The van der Waals surface area contributed by atoms with Crippen molar-refractivity contribution in [1.29, 1.82) is 0 Å². The van der Waals surface area contributed by atoms with Crippen LogP contribution in [0.15, 0.2) is 0 Å². The topological polar surface area (TPSA) is 41.6 Å². The van der Waals surface area contributed by atoms with Crippen LogP contribution in [0.1, 0.15) is 5.69 Å². The van der Waals surface area contributed by atoms with E-state index in [0.29, 0.717) is 0 Å². The zero-order valence-corrected chi connectivity index (χ0v) is 4.41. The Morgan fingerprint density at radius 1 is 1.30 bits per heavy atom. The lowest BCUT2D eigenvalue weighted by Gasteiger charge is -1.98. The molecule has 0 aliphatic heterocycles. The van der Waals surface area contributed by atoms with Gasteiger partial charge in [-0.3, -0.25) is 0 Å². The summed E-state index contributed by atoms with van der Waals surface area (Å²) in [6.07, 6.45) is -4.77. The van der Waals surface area contributed by atoms with Gasteiger partial charge in [-0.25, -0.2) is 5.10 Å². The van der Waals surface area contributed by atoms with Crippen LogP contribution in [-0.2, 0) is 6.18 Å². The maximum absolute atomic E-state index is 11.9. The highest BCUT2D eigenvalue weighted by molar-refractivity contribution is 4.98. The maximum atomic E-state index is 11.9. The number of H-pyrrole nitrogens is 1. The zero-order chi connectivity index (χ0) is 7.78. The summed E-state index contributed by atoms with van der Waals surface area (Å²) < 4.78 is 46.5. The minimum Gasteiger partial charge on any atom is -0.232 e. The number of hydrogen-bond donors (Lipinski definition) is 1. The van der Waals surface area contributed by atoms with E-state index in [0.717, 1.165) is 0 Å². The van der Waals surface area contributed by atoms with Gasteiger partial charge in [0.25, 0.3) is 0 Å². The molecule has 0 unspecified atom stereocenters. The Labute approximate surface area is 52.0 Å². The van der Waals surface area contributed by atoms with Gasteiger partial charge in [-0.2, -0.15) is 17.6 Å². The van der Waals surface area contributed by atoms with Gasteiger partial charge < -0.3 is 0 Å². The van der Waals surface area contributed by atoms with Crippen LogP contribution in [0.25, 0.3) is 0 Å². The van der Waals surface area contributed by atoms with E-state index in [1.165, 1.54) is 5.10 Å². The smallest absolute Gasteiger partial charge is 0.232 e. The Morgan fingerprint density at radius 2 is 1.90 bits per heavy atom. The Balaban J connectivity index is 3.05. The van der Waals surface area contributed by atoms with Crippen LogP contribution >= 0.6 is 0 Å². The van der Waals surface area contributed by atoms with E-state index in [1.807, 2.05) is 0 Å². The van der Waals surface area contributed by atoms with Gasteiger partial charge in [0.2, 0.25) is 11.6 Å². The molecule has 0 aliphatic carbocycles. The first-order valence-corrected chi connectivity index (χ1v) is 2.15. The van der Waals surface area contributed by atoms with Crippen molar-refractivity contribution in [2.45, 2.75) is 6.18 Å². The number of alkyl halides is 3. The number of rotatable bonds is 0. The molecule has 1 rings (SSSR count). The van der Waals surface area contributed by atoms with Gasteiger partial charge in [-0.1, -0.05) is 5.21 Å². The first kappa shape index (κ1) is 6.97. The van der Waals surface area contributed by atoms with Crippen LogP contribution in [0.4, 0.5) is 17.6 Å². The van der Waals surface area contributed by atoms with Crippen LogP contribution in [0.3, 0.4) is 0 Å². The quantitative estimate of drug-likeness (QED) is 0.567. The lowest BCUT2D eigenvalue weighted by atomic mass is 10.5. The molecular formula is C3HF4N3. The van der Waals surface area contributed by atoms with Gasteiger partial charge in [0, 0.05) is 0 Å². The van der Waals surface area contributed by atoms with Gasteiger partial charge in [0.05, 0.1) is 0 Å². The summed E-state index contributed by atoms with van der Waals surface area (Å²) in [5, 5.41) is 6.53. The molecule has 0 aliphatic rings. The van der Waals surface area contributed by atoms with Crippen molar-refractivity contribution < 1.29 is 17.6 Å². The molecular weight excluding hydrogens is 154 g/mol. The second kappa shape index (κ2) is 1.93. The Morgan fingerprint density at radius 3 is 2.10 bits per heavy atom. The van der Waals surface area contributed by atoms with Gasteiger partial charge >= 0.3 is 6.18 Å². The summed E-state index contributed by atoms with van der Waals surface area (Å²) in [7, 11) is 0. The molecule has 0 bridgehead atoms.